The fraction of sp³-hybridized carbons (Fsp3) is 0.917. The third-order valence-corrected chi connectivity index (χ3v) is 4.95. The van der Waals surface area contributed by atoms with E-state index >= 15 is 0 Å². The first kappa shape index (κ1) is 15.1. The molecule has 5 heteroatoms. The molecule has 1 saturated heterocycles. The van der Waals surface area contributed by atoms with Crippen molar-refractivity contribution in [2.45, 2.75) is 50.6 Å². The Morgan fingerprint density at radius 3 is 2.76 bits per heavy atom. The van der Waals surface area contributed by atoms with Crippen LogP contribution in [0.4, 0.5) is 0 Å². The molecule has 1 aliphatic carbocycles. The lowest BCUT2D eigenvalue weighted by atomic mass is 9.75. The maximum absolute atomic E-state index is 11.9. The van der Waals surface area contributed by atoms with Gasteiger partial charge in [-0.15, -0.1) is 12.4 Å². The van der Waals surface area contributed by atoms with E-state index < -0.39 is 0 Å². The molecule has 1 amide bonds. The van der Waals surface area contributed by atoms with Crippen LogP contribution >= 0.6 is 24.2 Å². The van der Waals surface area contributed by atoms with E-state index in [1.165, 1.54) is 25.0 Å². The first-order chi connectivity index (χ1) is 7.74. The molecule has 1 unspecified atom stereocenters. The number of carbonyl (C=O) groups is 1. The number of halogens is 1. The topological polar surface area (TPSA) is 41.1 Å². The van der Waals surface area contributed by atoms with Crippen LogP contribution in [0, 0.1) is 0 Å². The second-order valence-electron chi connectivity index (χ2n) is 4.97. The van der Waals surface area contributed by atoms with Gasteiger partial charge < -0.3 is 10.6 Å². The number of hydrogen-bond acceptors (Lipinski definition) is 3. The summed E-state index contributed by atoms with van der Waals surface area (Å²) in [6.07, 6.45) is 5.33. The fourth-order valence-corrected chi connectivity index (χ4v) is 3.44. The minimum absolute atomic E-state index is 0. The molecule has 100 valence electrons. The van der Waals surface area contributed by atoms with Crippen LogP contribution < -0.4 is 10.6 Å². The Bertz CT molecular complexity index is 247. The Morgan fingerprint density at radius 2 is 2.29 bits per heavy atom. The molecule has 0 aromatic rings. The third kappa shape index (κ3) is 4.04. The predicted octanol–water partition coefficient (Wildman–Crippen LogP) is 1.95. The summed E-state index contributed by atoms with van der Waals surface area (Å²) in [6, 6.07) is 0.382. The van der Waals surface area contributed by atoms with Crippen molar-refractivity contribution in [1.82, 2.24) is 10.6 Å². The van der Waals surface area contributed by atoms with Crippen molar-refractivity contribution < 1.29 is 4.79 Å². The van der Waals surface area contributed by atoms with Crippen LogP contribution in [0.1, 0.15) is 39.0 Å². The van der Waals surface area contributed by atoms with E-state index in [1.54, 1.807) is 0 Å². The van der Waals surface area contributed by atoms with Gasteiger partial charge >= 0.3 is 0 Å². The van der Waals surface area contributed by atoms with E-state index in [0.717, 1.165) is 18.7 Å². The molecular weight excluding hydrogens is 256 g/mol. The smallest absolute Gasteiger partial charge is 0.222 e. The van der Waals surface area contributed by atoms with E-state index in [1.807, 2.05) is 11.8 Å². The Labute approximate surface area is 114 Å². The first-order valence-electron chi connectivity index (χ1n) is 6.36. The maximum atomic E-state index is 11.9. The second-order valence-corrected chi connectivity index (χ2v) is 6.12. The van der Waals surface area contributed by atoms with Gasteiger partial charge in [-0.3, -0.25) is 4.79 Å². The lowest BCUT2D eigenvalue weighted by Gasteiger charge is -2.42. The molecule has 0 bridgehead atoms. The lowest BCUT2D eigenvalue weighted by Crippen LogP contribution is -2.54. The summed E-state index contributed by atoms with van der Waals surface area (Å²) in [5, 5.41) is 6.65. The summed E-state index contributed by atoms with van der Waals surface area (Å²) in [5.41, 5.74) is 0.152. The van der Waals surface area contributed by atoms with Crippen LogP contribution in [0.5, 0.6) is 0 Å². The zero-order valence-electron chi connectivity index (χ0n) is 10.5. The van der Waals surface area contributed by atoms with Crippen molar-refractivity contribution in [3.05, 3.63) is 0 Å². The zero-order valence-corrected chi connectivity index (χ0v) is 12.1. The van der Waals surface area contributed by atoms with Gasteiger partial charge in [0.15, 0.2) is 0 Å². The minimum Gasteiger partial charge on any atom is -0.351 e. The summed E-state index contributed by atoms with van der Waals surface area (Å²) in [7, 11) is 0. The van der Waals surface area contributed by atoms with Crippen molar-refractivity contribution in [3.8, 4) is 0 Å². The second kappa shape index (κ2) is 6.86. The molecule has 0 aromatic carbocycles. The fourth-order valence-electron chi connectivity index (χ4n) is 2.49. The highest BCUT2D eigenvalue weighted by molar-refractivity contribution is 7.99. The normalized spacial score (nSPS) is 26.5. The maximum Gasteiger partial charge on any atom is 0.222 e. The largest absolute Gasteiger partial charge is 0.351 e. The van der Waals surface area contributed by atoms with Crippen molar-refractivity contribution in [2.75, 3.05) is 18.1 Å². The van der Waals surface area contributed by atoms with Gasteiger partial charge in [0, 0.05) is 36.1 Å². The highest BCUT2D eigenvalue weighted by Crippen LogP contribution is 2.34. The molecule has 0 spiro atoms. The molecule has 2 rings (SSSR count). The lowest BCUT2D eigenvalue weighted by molar-refractivity contribution is -0.124. The highest BCUT2D eigenvalue weighted by atomic mass is 35.5. The Kier molecular flexibility index (Phi) is 6.10. The van der Waals surface area contributed by atoms with Gasteiger partial charge in [0.25, 0.3) is 0 Å². The molecule has 2 fully saturated rings. The summed E-state index contributed by atoms with van der Waals surface area (Å²) < 4.78 is 0. The van der Waals surface area contributed by atoms with Gasteiger partial charge in [-0.05, 0) is 25.7 Å². The number of amides is 1. The van der Waals surface area contributed by atoms with E-state index in [9.17, 15) is 4.79 Å². The van der Waals surface area contributed by atoms with Gasteiger partial charge in [-0.1, -0.05) is 6.92 Å². The Hall–Kier alpha value is 0.0700. The molecule has 1 saturated carbocycles. The zero-order chi connectivity index (χ0) is 11.4. The van der Waals surface area contributed by atoms with Crippen molar-refractivity contribution >= 4 is 30.1 Å². The van der Waals surface area contributed by atoms with Crippen molar-refractivity contribution in [3.63, 3.8) is 0 Å². The number of hydrogen-bond donors (Lipinski definition) is 2. The van der Waals surface area contributed by atoms with E-state index in [0.29, 0.717) is 12.5 Å². The summed E-state index contributed by atoms with van der Waals surface area (Å²) in [4.78, 5) is 11.9. The molecule has 1 heterocycles. The van der Waals surface area contributed by atoms with Crippen LogP contribution in [0.15, 0.2) is 0 Å². The number of rotatable bonds is 4. The molecule has 2 N–H and O–H groups in total. The number of nitrogens with one attached hydrogen (secondary N) is 2. The molecule has 0 radical (unpaired) electrons. The molecule has 0 aromatic heterocycles. The van der Waals surface area contributed by atoms with Gasteiger partial charge in [-0.2, -0.15) is 11.8 Å². The average Bonchev–Trinajstić information content (AvgIpc) is 2.25. The van der Waals surface area contributed by atoms with Gasteiger partial charge in [0.2, 0.25) is 5.91 Å². The standard InChI is InChI=1S/C12H22N2OS.ClH/c1-2-12(4-3-5-12)14-11(15)8-10-9-16-7-6-13-10;/h10,13H,2-9H2,1H3,(H,14,15);1H. The molecule has 17 heavy (non-hydrogen) atoms. The molecular formula is C12H23ClN2OS. The van der Waals surface area contributed by atoms with Crippen LogP contribution in [0.25, 0.3) is 0 Å². The van der Waals surface area contributed by atoms with Gasteiger partial charge in [0.1, 0.15) is 0 Å². The SMILES string of the molecule is CCC1(NC(=O)CC2CSCCN2)CCC1.Cl. The van der Waals surface area contributed by atoms with E-state index in [2.05, 4.69) is 17.6 Å². The quantitative estimate of drug-likeness (QED) is 0.826. The van der Waals surface area contributed by atoms with E-state index in [-0.39, 0.29) is 23.9 Å². The van der Waals surface area contributed by atoms with Crippen LogP contribution in [0.2, 0.25) is 0 Å². The van der Waals surface area contributed by atoms with Crippen LogP contribution in [-0.2, 0) is 4.79 Å². The van der Waals surface area contributed by atoms with Crippen LogP contribution in [-0.4, -0.2) is 35.5 Å². The van der Waals surface area contributed by atoms with Crippen molar-refractivity contribution in [1.29, 1.82) is 0 Å². The predicted molar refractivity (Wildman–Crippen MR) is 76.0 cm³/mol. The third-order valence-electron chi connectivity index (χ3n) is 3.82. The summed E-state index contributed by atoms with van der Waals surface area (Å²) in [6.45, 7) is 3.22. The van der Waals surface area contributed by atoms with Crippen molar-refractivity contribution in [2.24, 2.45) is 0 Å². The summed E-state index contributed by atoms with van der Waals surface area (Å²) >= 11 is 1.95. The first-order valence-corrected chi connectivity index (χ1v) is 7.52. The highest BCUT2D eigenvalue weighted by Gasteiger charge is 2.36. The molecule has 3 nitrogen and oxygen atoms in total. The van der Waals surface area contributed by atoms with Gasteiger partial charge in [0.05, 0.1) is 0 Å². The number of carbonyl (C=O) groups excluding carboxylic acids is 1. The van der Waals surface area contributed by atoms with E-state index in [4.69, 9.17) is 0 Å². The number of thioether (sulfide) groups is 1. The molecule has 1 aliphatic heterocycles. The molecule has 1 atom stereocenters. The monoisotopic (exact) mass is 278 g/mol. The summed E-state index contributed by atoms with van der Waals surface area (Å²) in [5.74, 6) is 2.49. The average molecular weight is 279 g/mol. The molecule has 2 aliphatic rings. The minimum atomic E-state index is 0. The van der Waals surface area contributed by atoms with Gasteiger partial charge in [-0.25, -0.2) is 0 Å². The Morgan fingerprint density at radius 1 is 1.53 bits per heavy atom. The van der Waals surface area contributed by atoms with Crippen LogP contribution in [0.3, 0.4) is 0 Å². The Balaban J connectivity index is 0.00000144.